The van der Waals surface area contributed by atoms with Gasteiger partial charge in [-0.3, -0.25) is 4.90 Å². The van der Waals surface area contributed by atoms with E-state index in [0.717, 1.165) is 78.9 Å². The average Bonchev–Trinajstić information content (AvgIpc) is 3.54. The number of fused-ring (bicyclic) bond motifs is 2. The first-order valence-electron chi connectivity index (χ1n) is 13.9. The maximum Gasteiger partial charge on any atom is 0.318 e. The number of aromatic nitrogens is 2. The van der Waals surface area contributed by atoms with Crippen molar-refractivity contribution < 1.29 is 9.84 Å². The number of benzene rings is 2. The average molecular weight is 513 g/mol. The Kier molecular flexibility index (Phi) is 7.05. The van der Waals surface area contributed by atoms with Crippen molar-refractivity contribution in [1.29, 1.82) is 5.26 Å². The third-order valence-corrected chi connectivity index (χ3v) is 8.48. The van der Waals surface area contributed by atoms with Crippen LogP contribution in [0.5, 0.6) is 11.8 Å². The van der Waals surface area contributed by atoms with E-state index in [4.69, 9.17) is 14.7 Å². The fourth-order valence-corrected chi connectivity index (χ4v) is 6.35. The number of phenols is 1. The van der Waals surface area contributed by atoms with Gasteiger partial charge in [0.1, 0.15) is 18.2 Å². The van der Waals surface area contributed by atoms with Gasteiger partial charge in [0.05, 0.1) is 11.8 Å². The molecule has 8 heteroatoms. The van der Waals surface area contributed by atoms with Crippen LogP contribution in [0.25, 0.3) is 10.8 Å². The Bertz CT molecular complexity index is 1350. The molecule has 0 saturated carbocycles. The van der Waals surface area contributed by atoms with E-state index in [1.165, 1.54) is 6.42 Å². The molecule has 8 nitrogen and oxygen atoms in total. The zero-order valence-electron chi connectivity index (χ0n) is 22.1. The van der Waals surface area contributed by atoms with Gasteiger partial charge >= 0.3 is 6.01 Å². The second kappa shape index (κ2) is 10.8. The van der Waals surface area contributed by atoms with Gasteiger partial charge in [0, 0.05) is 56.3 Å². The normalized spacial score (nSPS) is 22.1. The molecule has 3 aliphatic rings. The van der Waals surface area contributed by atoms with Crippen LogP contribution >= 0.6 is 0 Å². The third-order valence-electron chi connectivity index (χ3n) is 8.48. The molecular formula is C30H36N6O2. The minimum Gasteiger partial charge on any atom is -0.508 e. The number of nitrogens with zero attached hydrogens (tertiary/aromatic N) is 6. The molecule has 0 radical (unpaired) electrons. The Morgan fingerprint density at radius 3 is 2.79 bits per heavy atom. The molecule has 0 bridgehead atoms. The van der Waals surface area contributed by atoms with Gasteiger partial charge in [-0.05, 0) is 62.0 Å². The van der Waals surface area contributed by atoms with Crippen LogP contribution in [0.2, 0.25) is 0 Å². The van der Waals surface area contributed by atoms with Gasteiger partial charge in [-0.25, -0.2) is 0 Å². The molecule has 0 unspecified atom stereocenters. The van der Waals surface area contributed by atoms with Crippen LogP contribution in [-0.4, -0.2) is 64.2 Å². The van der Waals surface area contributed by atoms with Gasteiger partial charge in [0.15, 0.2) is 0 Å². The van der Waals surface area contributed by atoms with E-state index in [2.05, 4.69) is 39.9 Å². The highest BCUT2D eigenvalue weighted by atomic mass is 16.5. The predicted molar refractivity (Wildman–Crippen MR) is 147 cm³/mol. The van der Waals surface area contributed by atoms with E-state index in [1.54, 1.807) is 6.07 Å². The van der Waals surface area contributed by atoms with Gasteiger partial charge in [0.25, 0.3) is 0 Å². The molecule has 0 amide bonds. The lowest BCUT2D eigenvalue weighted by molar-refractivity contribution is 0.187. The molecule has 2 saturated heterocycles. The smallest absolute Gasteiger partial charge is 0.318 e. The number of rotatable bonds is 7. The Labute approximate surface area is 224 Å². The first-order chi connectivity index (χ1) is 18.6. The van der Waals surface area contributed by atoms with Crippen LogP contribution in [0, 0.1) is 17.2 Å². The molecule has 0 spiro atoms. The summed E-state index contributed by atoms with van der Waals surface area (Å²) in [6, 6.07) is 15.2. The molecule has 2 fully saturated rings. The fraction of sp³-hybridized carbons (Fsp3) is 0.500. The van der Waals surface area contributed by atoms with Crippen LogP contribution in [0.4, 0.5) is 5.82 Å². The highest BCUT2D eigenvalue weighted by molar-refractivity contribution is 5.87. The van der Waals surface area contributed by atoms with Crippen molar-refractivity contribution in [2.24, 2.45) is 5.92 Å². The number of hydrogen-bond donors (Lipinski definition) is 1. The molecule has 1 N–H and O–H groups in total. The van der Waals surface area contributed by atoms with Gasteiger partial charge < -0.3 is 19.6 Å². The summed E-state index contributed by atoms with van der Waals surface area (Å²) in [5, 5.41) is 22.3. The summed E-state index contributed by atoms with van der Waals surface area (Å²) in [5.41, 5.74) is 3.10. The number of anilines is 1. The van der Waals surface area contributed by atoms with E-state index in [0.29, 0.717) is 49.8 Å². The maximum absolute atomic E-state index is 10.8. The molecule has 1 aromatic heterocycles. The molecule has 2 atom stereocenters. The third kappa shape index (κ3) is 5.01. The molecule has 38 heavy (non-hydrogen) atoms. The van der Waals surface area contributed by atoms with Crippen molar-refractivity contribution in [2.45, 2.75) is 57.8 Å². The first-order valence-corrected chi connectivity index (χ1v) is 13.9. The Morgan fingerprint density at radius 2 is 1.95 bits per heavy atom. The summed E-state index contributed by atoms with van der Waals surface area (Å²) in [6.07, 6.45) is 5.06. The zero-order valence-corrected chi connectivity index (χ0v) is 22.1. The van der Waals surface area contributed by atoms with Crippen molar-refractivity contribution in [1.82, 2.24) is 19.8 Å². The van der Waals surface area contributed by atoms with E-state index >= 15 is 0 Å². The molecule has 4 heterocycles. The van der Waals surface area contributed by atoms with Crippen LogP contribution in [-0.2, 0) is 19.6 Å². The Hall–Kier alpha value is -3.41. The van der Waals surface area contributed by atoms with E-state index in [-0.39, 0.29) is 0 Å². The second-order valence-electron chi connectivity index (χ2n) is 11.1. The lowest BCUT2D eigenvalue weighted by atomic mass is 9.95. The van der Waals surface area contributed by atoms with E-state index in [1.807, 2.05) is 18.2 Å². The molecule has 6 rings (SSSR count). The highest BCUT2D eigenvalue weighted by Crippen LogP contribution is 2.36. The number of aromatic hydroxyl groups is 1. The Morgan fingerprint density at radius 1 is 1.08 bits per heavy atom. The summed E-state index contributed by atoms with van der Waals surface area (Å²) in [6.45, 7) is 5.50. The standard InChI is InChI=1S/C30H36N6O2/c1-34-14-5-8-23(34)20-38-30-32-27-19-35(17-25-24-9-3-2-7-22(24)10-11-28(25)37)18-26(27)29(33-30)36-15-4-6-21(16-36)12-13-31/h2-3,7,9-11,21,23,37H,4-6,8,12,14-20H2,1H3/t21-,23-/m0/s1. The second-order valence-corrected chi connectivity index (χ2v) is 11.1. The van der Waals surface area contributed by atoms with Crippen molar-refractivity contribution in [2.75, 3.05) is 38.2 Å². The monoisotopic (exact) mass is 512 g/mol. The first kappa shape index (κ1) is 24.9. The van der Waals surface area contributed by atoms with Gasteiger partial charge in [-0.1, -0.05) is 30.3 Å². The molecule has 198 valence electrons. The fourth-order valence-electron chi connectivity index (χ4n) is 6.35. The molecule has 3 aromatic rings. The topological polar surface area (TPSA) is 88.8 Å². The number of ether oxygens (including phenoxy) is 1. The molecule has 3 aliphatic heterocycles. The van der Waals surface area contributed by atoms with Crippen LogP contribution in [0.3, 0.4) is 0 Å². The zero-order chi connectivity index (χ0) is 26.1. The summed E-state index contributed by atoms with van der Waals surface area (Å²) in [5.74, 6) is 1.64. The quantitative estimate of drug-likeness (QED) is 0.497. The predicted octanol–water partition coefficient (Wildman–Crippen LogP) is 4.45. The van der Waals surface area contributed by atoms with Crippen LogP contribution in [0.15, 0.2) is 36.4 Å². The van der Waals surface area contributed by atoms with Crippen molar-refractivity contribution in [3.63, 3.8) is 0 Å². The van der Waals surface area contributed by atoms with Crippen LogP contribution in [0.1, 0.15) is 48.9 Å². The lowest BCUT2D eigenvalue weighted by Crippen LogP contribution is -2.37. The number of likely N-dealkylation sites (N-methyl/N-ethyl adjacent to an activating group) is 1. The molecular weight excluding hydrogens is 476 g/mol. The number of hydrogen-bond acceptors (Lipinski definition) is 8. The summed E-state index contributed by atoms with van der Waals surface area (Å²) < 4.78 is 6.22. The van der Waals surface area contributed by atoms with Crippen molar-refractivity contribution >= 4 is 16.6 Å². The minimum atomic E-state index is 0.325. The summed E-state index contributed by atoms with van der Waals surface area (Å²) >= 11 is 0. The van der Waals surface area contributed by atoms with Gasteiger partial charge in [-0.15, -0.1) is 0 Å². The maximum atomic E-state index is 10.8. The van der Waals surface area contributed by atoms with Gasteiger partial charge in [-0.2, -0.15) is 15.2 Å². The minimum absolute atomic E-state index is 0.325. The highest BCUT2D eigenvalue weighted by Gasteiger charge is 2.31. The number of piperidine rings is 1. The van der Waals surface area contributed by atoms with Crippen molar-refractivity contribution in [3.05, 3.63) is 53.2 Å². The summed E-state index contributed by atoms with van der Waals surface area (Å²) in [7, 11) is 2.15. The van der Waals surface area contributed by atoms with Crippen LogP contribution < -0.4 is 9.64 Å². The van der Waals surface area contributed by atoms with E-state index in [9.17, 15) is 10.4 Å². The molecule has 2 aromatic carbocycles. The van der Waals surface area contributed by atoms with Crippen molar-refractivity contribution in [3.8, 4) is 17.8 Å². The number of likely N-dealkylation sites (tertiary alicyclic amines) is 1. The summed E-state index contributed by atoms with van der Waals surface area (Å²) in [4.78, 5) is 16.9. The largest absolute Gasteiger partial charge is 0.508 e. The van der Waals surface area contributed by atoms with Gasteiger partial charge in [0.2, 0.25) is 0 Å². The SMILES string of the molecule is CN1CCC[C@H]1COc1nc2c(c(N3CCC[C@@H](CC#N)C3)n1)CN(Cc1c(O)ccc3ccccc13)C2. The molecule has 0 aliphatic carbocycles. The Balaban J connectivity index is 1.28. The van der Waals surface area contributed by atoms with E-state index < -0.39 is 0 Å². The number of nitriles is 1. The number of phenolic OH excluding ortho intramolecular Hbond substituents is 1. The lowest BCUT2D eigenvalue weighted by Gasteiger charge is -2.33.